The third-order valence-corrected chi connectivity index (χ3v) is 1.67. The zero-order valence-electron chi connectivity index (χ0n) is 5.55. The summed E-state index contributed by atoms with van der Waals surface area (Å²) in [5.41, 5.74) is -0.0237. The Balaban J connectivity index is 2.50. The molecule has 4 heteroatoms. The lowest BCUT2D eigenvalue weighted by Gasteiger charge is -2.15. The second kappa shape index (κ2) is 1.90. The number of anilines is 1. The summed E-state index contributed by atoms with van der Waals surface area (Å²) in [5, 5.41) is 5.81. The summed E-state index contributed by atoms with van der Waals surface area (Å²) < 4.78 is 1.84. The number of hydrogen-bond donors (Lipinski definition) is 2. The van der Waals surface area contributed by atoms with Gasteiger partial charge in [0.05, 0.1) is 0 Å². The molecular weight excluding hydrogens is 130 g/mol. The van der Waals surface area contributed by atoms with Crippen molar-refractivity contribution in [2.75, 3.05) is 11.9 Å². The molecule has 1 aromatic heterocycles. The van der Waals surface area contributed by atoms with E-state index in [-0.39, 0.29) is 5.56 Å². The smallest absolute Gasteiger partial charge is 0.266 e. The van der Waals surface area contributed by atoms with Gasteiger partial charge in [-0.2, -0.15) is 0 Å². The highest BCUT2D eigenvalue weighted by molar-refractivity contribution is 5.34. The van der Waals surface area contributed by atoms with Gasteiger partial charge in [-0.05, 0) is 6.42 Å². The van der Waals surface area contributed by atoms with Crippen LogP contribution in [0.25, 0.3) is 0 Å². The molecular formula is C6H9N3O. The van der Waals surface area contributed by atoms with E-state index < -0.39 is 0 Å². The summed E-state index contributed by atoms with van der Waals surface area (Å²) in [4.78, 5) is 10.7. The molecule has 1 aliphatic heterocycles. The highest BCUT2D eigenvalue weighted by atomic mass is 16.1. The number of rotatable bonds is 0. The monoisotopic (exact) mass is 139 g/mol. The molecule has 2 N–H and O–H groups in total. The first kappa shape index (κ1) is 5.58. The van der Waals surface area contributed by atoms with Crippen LogP contribution in [-0.4, -0.2) is 16.3 Å². The van der Waals surface area contributed by atoms with E-state index in [1.807, 2.05) is 4.68 Å². The first-order valence-electron chi connectivity index (χ1n) is 3.40. The molecule has 0 saturated heterocycles. The average molecular weight is 139 g/mol. The lowest BCUT2D eigenvalue weighted by molar-refractivity contribution is 0.564. The second-order valence-electron chi connectivity index (χ2n) is 2.44. The molecule has 10 heavy (non-hydrogen) atoms. The van der Waals surface area contributed by atoms with Crippen molar-refractivity contribution in [2.45, 2.75) is 13.0 Å². The maximum atomic E-state index is 10.7. The fourth-order valence-electron chi connectivity index (χ4n) is 1.20. The van der Waals surface area contributed by atoms with E-state index in [0.717, 1.165) is 25.3 Å². The first-order chi connectivity index (χ1) is 4.86. The third-order valence-electron chi connectivity index (χ3n) is 1.67. The van der Waals surface area contributed by atoms with Crippen molar-refractivity contribution in [3.8, 4) is 0 Å². The summed E-state index contributed by atoms with van der Waals surface area (Å²) in [6.45, 7) is 1.89. The number of H-pyrrole nitrogens is 1. The number of nitrogens with zero attached hydrogens (tertiary/aromatic N) is 1. The molecule has 0 saturated carbocycles. The normalized spacial score (nSPS) is 16.0. The number of fused-ring (bicyclic) bond motifs is 1. The predicted molar refractivity (Wildman–Crippen MR) is 38.2 cm³/mol. The molecule has 1 aromatic rings. The Labute approximate surface area is 57.8 Å². The van der Waals surface area contributed by atoms with E-state index >= 15 is 0 Å². The van der Waals surface area contributed by atoms with Gasteiger partial charge in [-0.15, -0.1) is 0 Å². The average Bonchev–Trinajstić information content (AvgIpc) is 2.27. The van der Waals surface area contributed by atoms with Crippen LogP contribution in [0, 0.1) is 0 Å². The molecule has 0 bridgehead atoms. The van der Waals surface area contributed by atoms with Gasteiger partial charge in [-0.25, -0.2) is 0 Å². The summed E-state index contributed by atoms with van der Waals surface area (Å²) in [5.74, 6) is 0.913. The van der Waals surface area contributed by atoms with Crippen molar-refractivity contribution in [1.82, 2.24) is 9.78 Å². The molecule has 0 aliphatic carbocycles. The van der Waals surface area contributed by atoms with E-state index in [2.05, 4.69) is 10.4 Å². The maximum absolute atomic E-state index is 10.7. The van der Waals surface area contributed by atoms with Gasteiger partial charge < -0.3 is 5.32 Å². The van der Waals surface area contributed by atoms with Gasteiger partial charge in [0.2, 0.25) is 0 Å². The van der Waals surface area contributed by atoms with Crippen LogP contribution >= 0.6 is 0 Å². The Bertz CT molecular complexity index is 259. The fraction of sp³-hybridized carbons (Fsp3) is 0.500. The van der Waals surface area contributed by atoms with Crippen LogP contribution in [0.3, 0.4) is 0 Å². The van der Waals surface area contributed by atoms with E-state index in [1.165, 1.54) is 0 Å². The third kappa shape index (κ3) is 0.725. The van der Waals surface area contributed by atoms with Gasteiger partial charge in [-0.3, -0.25) is 14.6 Å². The van der Waals surface area contributed by atoms with Gasteiger partial charge in [0.25, 0.3) is 5.56 Å². The van der Waals surface area contributed by atoms with Gasteiger partial charge in [0.1, 0.15) is 5.82 Å². The minimum Gasteiger partial charge on any atom is -0.370 e. The topological polar surface area (TPSA) is 49.8 Å². The SMILES string of the molecule is O=c1cc2n([nH]1)CCCN2. The Morgan fingerprint density at radius 1 is 1.60 bits per heavy atom. The summed E-state index contributed by atoms with van der Waals surface area (Å²) in [6.07, 6.45) is 1.08. The van der Waals surface area contributed by atoms with Crippen LogP contribution < -0.4 is 10.9 Å². The van der Waals surface area contributed by atoms with E-state index in [0.29, 0.717) is 0 Å². The highest BCUT2D eigenvalue weighted by Gasteiger charge is 2.07. The summed E-state index contributed by atoms with van der Waals surface area (Å²) >= 11 is 0. The second-order valence-corrected chi connectivity index (χ2v) is 2.44. The molecule has 54 valence electrons. The standard InChI is InChI=1S/C6H9N3O/c10-6-4-5-7-2-1-3-9(5)8-6/h4,7H,1-3H2,(H,8,10). The zero-order chi connectivity index (χ0) is 6.97. The van der Waals surface area contributed by atoms with Crippen LogP contribution in [0.4, 0.5) is 5.82 Å². The molecule has 0 atom stereocenters. The zero-order valence-corrected chi connectivity index (χ0v) is 5.55. The van der Waals surface area contributed by atoms with Crippen molar-refractivity contribution in [3.63, 3.8) is 0 Å². The number of hydrogen-bond acceptors (Lipinski definition) is 2. The molecule has 2 heterocycles. The molecule has 0 fully saturated rings. The molecule has 0 spiro atoms. The van der Waals surface area contributed by atoms with Crippen molar-refractivity contribution in [2.24, 2.45) is 0 Å². The van der Waals surface area contributed by atoms with Crippen LogP contribution in [0.15, 0.2) is 10.9 Å². The summed E-state index contributed by atoms with van der Waals surface area (Å²) in [6, 6.07) is 1.58. The first-order valence-corrected chi connectivity index (χ1v) is 3.40. The fourth-order valence-corrected chi connectivity index (χ4v) is 1.20. The Morgan fingerprint density at radius 2 is 2.50 bits per heavy atom. The molecule has 0 aromatic carbocycles. The predicted octanol–water partition coefficient (Wildman–Crippen LogP) is -0.00800. The van der Waals surface area contributed by atoms with Crippen LogP contribution in [-0.2, 0) is 6.54 Å². The molecule has 0 radical (unpaired) electrons. The Hall–Kier alpha value is -1.19. The van der Waals surface area contributed by atoms with Crippen LogP contribution in [0.2, 0.25) is 0 Å². The molecule has 2 rings (SSSR count). The largest absolute Gasteiger partial charge is 0.370 e. The Morgan fingerprint density at radius 3 is 3.30 bits per heavy atom. The minimum absolute atomic E-state index is 0.0237. The van der Waals surface area contributed by atoms with Crippen LogP contribution in [0.5, 0.6) is 0 Å². The molecule has 0 amide bonds. The Kier molecular flexibility index (Phi) is 1.06. The van der Waals surface area contributed by atoms with Crippen LogP contribution in [0.1, 0.15) is 6.42 Å². The maximum Gasteiger partial charge on any atom is 0.266 e. The number of nitrogens with one attached hydrogen (secondary N) is 2. The number of aromatic amines is 1. The van der Waals surface area contributed by atoms with Gasteiger partial charge in [0, 0.05) is 19.2 Å². The highest BCUT2D eigenvalue weighted by Crippen LogP contribution is 2.08. The number of aromatic nitrogens is 2. The minimum atomic E-state index is -0.0237. The summed E-state index contributed by atoms with van der Waals surface area (Å²) in [7, 11) is 0. The van der Waals surface area contributed by atoms with Crippen molar-refractivity contribution in [1.29, 1.82) is 0 Å². The van der Waals surface area contributed by atoms with E-state index in [1.54, 1.807) is 6.07 Å². The lowest BCUT2D eigenvalue weighted by Crippen LogP contribution is -2.17. The quantitative estimate of drug-likeness (QED) is 0.531. The van der Waals surface area contributed by atoms with Crippen molar-refractivity contribution < 1.29 is 0 Å². The van der Waals surface area contributed by atoms with Gasteiger partial charge >= 0.3 is 0 Å². The number of aryl methyl sites for hydroxylation is 1. The lowest BCUT2D eigenvalue weighted by atomic mass is 10.3. The van der Waals surface area contributed by atoms with Gasteiger partial charge in [-0.1, -0.05) is 0 Å². The van der Waals surface area contributed by atoms with Crippen molar-refractivity contribution >= 4 is 5.82 Å². The molecule has 1 aliphatic rings. The van der Waals surface area contributed by atoms with Gasteiger partial charge in [0.15, 0.2) is 0 Å². The van der Waals surface area contributed by atoms with Crippen molar-refractivity contribution in [3.05, 3.63) is 16.4 Å². The molecule has 4 nitrogen and oxygen atoms in total. The van der Waals surface area contributed by atoms with E-state index in [4.69, 9.17) is 0 Å². The molecule has 0 unspecified atom stereocenters. The van der Waals surface area contributed by atoms with E-state index in [9.17, 15) is 4.79 Å².